The molecule has 1 atom stereocenters. The number of thiocarbonyl (C=S) groups is 1. The van der Waals surface area contributed by atoms with Crippen molar-refractivity contribution in [1.82, 2.24) is 5.32 Å². The normalized spacial score (nSPS) is 12.0. The van der Waals surface area contributed by atoms with Crippen molar-refractivity contribution in [3.8, 4) is 0 Å². The monoisotopic (exact) mass is 340 g/mol. The van der Waals surface area contributed by atoms with Crippen molar-refractivity contribution in [2.45, 2.75) is 52.5 Å². The summed E-state index contributed by atoms with van der Waals surface area (Å²) in [7, 11) is 0. The summed E-state index contributed by atoms with van der Waals surface area (Å²) in [5.41, 5.74) is 5.00. The summed E-state index contributed by atoms with van der Waals surface area (Å²) < 4.78 is 0. The van der Waals surface area contributed by atoms with Gasteiger partial charge in [0.05, 0.1) is 6.04 Å². The Morgan fingerprint density at radius 1 is 0.958 bits per heavy atom. The number of benzene rings is 2. The van der Waals surface area contributed by atoms with Gasteiger partial charge in [-0.1, -0.05) is 70.2 Å². The van der Waals surface area contributed by atoms with Crippen LogP contribution in [0, 0.1) is 0 Å². The van der Waals surface area contributed by atoms with Gasteiger partial charge in [-0.3, -0.25) is 0 Å². The molecule has 2 aromatic carbocycles. The lowest BCUT2D eigenvalue weighted by molar-refractivity contribution is 0.628. The van der Waals surface area contributed by atoms with E-state index in [0.717, 1.165) is 18.5 Å². The highest BCUT2D eigenvalue weighted by Crippen LogP contribution is 2.21. The second kappa shape index (κ2) is 8.84. The Balaban J connectivity index is 2.05. The zero-order valence-electron chi connectivity index (χ0n) is 15.1. The molecule has 2 aromatic rings. The molecule has 0 radical (unpaired) electrons. The molecular weight excluding hydrogens is 312 g/mol. The van der Waals surface area contributed by atoms with Gasteiger partial charge >= 0.3 is 0 Å². The predicted molar refractivity (Wildman–Crippen MR) is 109 cm³/mol. The molecular formula is C21H28N2S. The van der Waals surface area contributed by atoms with Crippen LogP contribution in [0.25, 0.3) is 0 Å². The van der Waals surface area contributed by atoms with Crippen LogP contribution in [-0.2, 0) is 6.42 Å². The van der Waals surface area contributed by atoms with Gasteiger partial charge in [-0.05, 0) is 53.7 Å². The first-order chi connectivity index (χ1) is 11.5. The quantitative estimate of drug-likeness (QED) is 0.649. The minimum Gasteiger partial charge on any atom is -0.356 e. The molecule has 0 aliphatic rings. The first kappa shape index (κ1) is 18.5. The molecule has 0 saturated carbocycles. The Kier molecular flexibility index (Phi) is 6.80. The van der Waals surface area contributed by atoms with Gasteiger partial charge in [0.1, 0.15) is 0 Å². The highest BCUT2D eigenvalue weighted by Gasteiger charge is 2.12. The average molecular weight is 341 g/mol. The summed E-state index contributed by atoms with van der Waals surface area (Å²) in [5.74, 6) is 0.556. The number of hydrogen-bond acceptors (Lipinski definition) is 1. The standard InChI is InChI=1S/C21H28N2S/c1-5-16-9-7-8-10-20(16)23-21(24)22-19(6-2)18-13-11-17(12-14-18)15(3)4/h7-15,19H,5-6H2,1-4H3,(H2,22,23,24). The van der Waals surface area contributed by atoms with Crippen LogP contribution in [0.5, 0.6) is 0 Å². The lowest BCUT2D eigenvalue weighted by Gasteiger charge is -2.21. The summed E-state index contributed by atoms with van der Waals surface area (Å²) in [6.45, 7) is 8.77. The van der Waals surface area contributed by atoms with Crippen LogP contribution < -0.4 is 10.6 Å². The second-order valence-corrected chi connectivity index (χ2v) is 6.80. The molecule has 0 amide bonds. The van der Waals surface area contributed by atoms with Crippen molar-refractivity contribution < 1.29 is 0 Å². The fourth-order valence-electron chi connectivity index (χ4n) is 2.80. The number of anilines is 1. The van der Waals surface area contributed by atoms with Crippen LogP contribution in [0.4, 0.5) is 5.69 Å². The van der Waals surface area contributed by atoms with Gasteiger partial charge in [0.25, 0.3) is 0 Å². The van der Waals surface area contributed by atoms with E-state index in [4.69, 9.17) is 12.2 Å². The first-order valence-corrected chi connectivity index (χ1v) is 9.21. The minimum absolute atomic E-state index is 0.222. The van der Waals surface area contributed by atoms with E-state index in [1.54, 1.807) is 0 Å². The van der Waals surface area contributed by atoms with E-state index in [2.05, 4.69) is 80.8 Å². The zero-order valence-corrected chi connectivity index (χ0v) is 15.9. The van der Waals surface area contributed by atoms with Crippen LogP contribution in [0.1, 0.15) is 62.8 Å². The number of para-hydroxylation sites is 1. The third-order valence-electron chi connectivity index (χ3n) is 4.37. The highest BCUT2D eigenvalue weighted by atomic mass is 32.1. The maximum Gasteiger partial charge on any atom is 0.171 e. The van der Waals surface area contributed by atoms with Gasteiger partial charge in [0, 0.05) is 5.69 Å². The van der Waals surface area contributed by atoms with Gasteiger partial charge in [0.15, 0.2) is 5.11 Å². The van der Waals surface area contributed by atoms with Crippen LogP contribution in [0.3, 0.4) is 0 Å². The summed E-state index contributed by atoms with van der Waals surface area (Å²) in [6, 6.07) is 17.4. The van der Waals surface area contributed by atoms with Crippen molar-refractivity contribution in [2.75, 3.05) is 5.32 Å². The van der Waals surface area contributed by atoms with Crippen molar-refractivity contribution in [3.05, 3.63) is 65.2 Å². The molecule has 3 heteroatoms. The number of nitrogens with one attached hydrogen (secondary N) is 2. The van der Waals surface area contributed by atoms with Gasteiger partial charge in [-0.25, -0.2) is 0 Å². The maximum atomic E-state index is 5.53. The van der Waals surface area contributed by atoms with Gasteiger partial charge < -0.3 is 10.6 Å². The molecule has 0 aromatic heterocycles. The molecule has 2 nitrogen and oxygen atoms in total. The lowest BCUT2D eigenvalue weighted by Crippen LogP contribution is -2.32. The Hall–Kier alpha value is -1.87. The SMILES string of the molecule is CCc1ccccc1NC(=S)NC(CC)c1ccc(C(C)C)cc1. The highest BCUT2D eigenvalue weighted by molar-refractivity contribution is 7.80. The molecule has 0 bridgehead atoms. The maximum absolute atomic E-state index is 5.53. The predicted octanol–water partition coefficient (Wildman–Crippen LogP) is 5.81. The summed E-state index contributed by atoms with van der Waals surface area (Å²) in [5, 5.41) is 7.47. The lowest BCUT2D eigenvalue weighted by atomic mass is 9.98. The summed E-state index contributed by atoms with van der Waals surface area (Å²) in [6.07, 6.45) is 1.97. The van der Waals surface area contributed by atoms with Crippen LogP contribution >= 0.6 is 12.2 Å². The average Bonchev–Trinajstić information content (AvgIpc) is 2.60. The Morgan fingerprint density at radius 3 is 2.17 bits per heavy atom. The largest absolute Gasteiger partial charge is 0.356 e. The molecule has 0 spiro atoms. The fraction of sp³-hybridized carbons (Fsp3) is 0.381. The molecule has 128 valence electrons. The first-order valence-electron chi connectivity index (χ1n) is 8.80. The topological polar surface area (TPSA) is 24.1 Å². The number of hydrogen-bond donors (Lipinski definition) is 2. The smallest absolute Gasteiger partial charge is 0.171 e. The van der Waals surface area contributed by atoms with Crippen molar-refractivity contribution >= 4 is 23.0 Å². The second-order valence-electron chi connectivity index (χ2n) is 6.39. The zero-order chi connectivity index (χ0) is 17.5. The molecule has 0 aliphatic heterocycles. The van der Waals surface area contributed by atoms with Crippen LogP contribution in [0.15, 0.2) is 48.5 Å². The van der Waals surface area contributed by atoms with E-state index in [1.807, 2.05) is 6.07 Å². The molecule has 0 aliphatic carbocycles. The molecule has 1 unspecified atom stereocenters. The third-order valence-corrected chi connectivity index (χ3v) is 4.59. The minimum atomic E-state index is 0.222. The van der Waals surface area contributed by atoms with Gasteiger partial charge in [0.2, 0.25) is 0 Å². The molecule has 24 heavy (non-hydrogen) atoms. The van der Waals surface area contributed by atoms with E-state index in [9.17, 15) is 0 Å². The number of rotatable bonds is 6. The molecule has 0 saturated heterocycles. The Labute approximate surface area is 151 Å². The van der Waals surface area contributed by atoms with E-state index >= 15 is 0 Å². The van der Waals surface area contributed by atoms with Crippen LogP contribution in [0.2, 0.25) is 0 Å². The summed E-state index contributed by atoms with van der Waals surface area (Å²) >= 11 is 5.53. The molecule has 2 N–H and O–H groups in total. The molecule has 2 rings (SSSR count). The number of aryl methyl sites for hydroxylation is 1. The van der Waals surface area contributed by atoms with Gasteiger partial charge in [-0.15, -0.1) is 0 Å². The van der Waals surface area contributed by atoms with E-state index in [1.165, 1.54) is 16.7 Å². The Morgan fingerprint density at radius 2 is 1.58 bits per heavy atom. The third kappa shape index (κ3) is 4.81. The van der Waals surface area contributed by atoms with E-state index in [0.29, 0.717) is 11.0 Å². The molecule has 0 fully saturated rings. The van der Waals surface area contributed by atoms with Crippen molar-refractivity contribution in [2.24, 2.45) is 0 Å². The van der Waals surface area contributed by atoms with E-state index < -0.39 is 0 Å². The van der Waals surface area contributed by atoms with Gasteiger partial charge in [-0.2, -0.15) is 0 Å². The van der Waals surface area contributed by atoms with Crippen LogP contribution in [-0.4, -0.2) is 5.11 Å². The molecule has 0 heterocycles. The summed E-state index contributed by atoms with van der Waals surface area (Å²) in [4.78, 5) is 0. The fourth-order valence-corrected chi connectivity index (χ4v) is 3.05. The van der Waals surface area contributed by atoms with Crippen molar-refractivity contribution in [1.29, 1.82) is 0 Å². The Bertz CT molecular complexity index is 662. The van der Waals surface area contributed by atoms with E-state index in [-0.39, 0.29) is 6.04 Å². The van der Waals surface area contributed by atoms with Crippen molar-refractivity contribution in [3.63, 3.8) is 0 Å².